The van der Waals surface area contributed by atoms with Gasteiger partial charge in [-0.1, -0.05) is 97.8 Å². The van der Waals surface area contributed by atoms with Crippen LogP contribution < -0.4 is 21.2 Å². The first-order valence-electron chi connectivity index (χ1n) is 10.2. The maximum Gasteiger partial charge on any atom is 0.129 e. The predicted octanol–water partition coefficient (Wildman–Crippen LogP) is 4.11. The Bertz CT molecular complexity index is 929. The van der Waals surface area contributed by atoms with Crippen LogP contribution in [-0.4, -0.2) is 17.9 Å². The molecule has 1 unspecified atom stereocenters. The van der Waals surface area contributed by atoms with Crippen LogP contribution in [0.15, 0.2) is 89.9 Å². The average molecular weight is 384 g/mol. The van der Waals surface area contributed by atoms with Crippen molar-refractivity contribution in [2.45, 2.75) is 37.8 Å². The summed E-state index contributed by atoms with van der Waals surface area (Å²) in [7, 11) is -0.625. The highest BCUT2D eigenvalue weighted by molar-refractivity contribution is 7.80. The molecule has 3 aromatic carbocycles. The first-order valence-corrected chi connectivity index (χ1v) is 11.6. The van der Waals surface area contributed by atoms with Gasteiger partial charge in [0.1, 0.15) is 5.84 Å². The lowest BCUT2D eigenvalue weighted by molar-refractivity contribution is 0.385. The number of hydrogen-bond donors (Lipinski definition) is 1. The summed E-state index contributed by atoms with van der Waals surface area (Å²) in [5, 5.41) is 7.92. The van der Waals surface area contributed by atoms with Crippen LogP contribution in [0.1, 0.15) is 31.2 Å². The number of aliphatic imine (C=N–C) groups is 1. The highest BCUT2D eigenvalue weighted by atomic mass is 31.1. The minimum atomic E-state index is -0.625. The number of rotatable bonds is 4. The molecule has 2 nitrogen and oxygen atoms in total. The minimum Gasteiger partial charge on any atom is -0.365 e. The van der Waals surface area contributed by atoms with Crippen molar-refractivity contribution in [2.24, 2.45) is 4.99 Å². The van der Waals surface area contributed by atoms with Gasteiger partial charge in [0.25, 0.3) is 0 Å². The Labute approximate surface area is 168 Å². The van der Waals surface area contributed by atoms with Crippen molar-refractivity contribution in [1.29, 1.82) is 0 Å². The summed E-state index contributed by atoms with van der Waals surface area (Å²) in [6.07, 6.45) is 5.09. The van der Waals surface area contributed by atoms with E-state index in [2.05, 4.69) is 90.2 Å². The average Bonchev–Trinajstić information content (AvgIpc) is 3.20. The molecular weight excluding hydrogens is 359 g/mol. The van der Waals surface area contributed by atoms with Crippen molar-refractivity contribution in [3.8, 4) is 0 Å². The summed E-state index contributed by atoms with van der Waals surface area (Å²) >= 11 is 0. The van der Waals surface area contributed by atoms with E-state index in [1.807, 2.05) is 0 Å². The van der Waals surface area contributed by atoms with Gasteiger partial charge in [-0.15, -0.1) is 0 Å². The first kappa shape index (κ1) is 17.6. The van der Waals surface area contributed by atoms with Gasteiger partial charge in [-0.2, -0.15) is 0 Å². The van der Waals surface area contributed by atoms with E-state index in [9.17, 15) is 0 Å². The SMILES string of the molecule is c1ccc(P(c2ccccc2)c2ccccc2C2=N[C@@H]3CCCCC3N2)cc1. The Morgan fingerprint density at radius 2 is 1.32 bits per heavy atom. The van der Waals surface area contributed by atoms with Crippen LogP contribution in [0.2, 0.25) is 0 Å². The summed E-state index contributed by atoms with van der Waals surface area (Å²) in [6.45, 7) is 0. The lowest BCUT2D eigenvalue weighted by Crippen LogP contribution is -2.38. The zero-order valence-electron chi connectivity index (χ0n) is 16.0. The lowest BCUT2D eigenvalue weighted by atomic mass is 9.92. The molecule has 0 bridgehead atoms. The number of nitrogens with zero attached hydrogens (tertiary/aromatic N) is 1. The topological polar surface area (TPSA) is 24.4 Å². The van der Waals surface area contributed by atoms with E-state index in [1.165, 1.54) is 47.2 Å². The second kappa shape index (κ2) is 7.89. The summed E-state index contributed by atoms with van der Waals surface area (Å²) in [4.78, 5) is 5.13. The van der Waals surface area contributed by atoms with Crippen LogP contribution in [0.3, 0.4) is 0 Å². The van der Waals surface area contributed by atoms with Gasteiger partial charge in [-0.25, -0.2) is 0 Å². The highest BCUT2D eigenvalue weighted by Crippen LogP contribution is 2.35. The molecule has 1 N–H and O–H groups in total. The third-order valence-corrected chi connectivity index (χ3v) is 8.28. The van der Waals surface area contributed by atoms with Gasteiger partial charge in [-0.3, -0.25) is 4.99 Å². The molecule has 1 fully saturated rings. The summed E-state index contributed by atoms with van der Waals surface area (Å²) < 4.78 is 0. The lowest BCUT2D eigenvalue weighted by Gasteiger charge is -2.24. The van der Waals surface area contributed by atoms with Crippen molar-refractivity contribution < 1.29 is 0 Å². The number of nitrogens with one attached hydrogen (secondary N) is 1. The van der Waals surface area contributed by atoms with Crippen LogP contribution >= 0.6 is 7.92 Å². The molecule has 28 heavy (non-hydrogen) atoms. The van der Waals surface area contributed by atoms with Crippen molar-refractivity contribution in [3.05, 3.63) is 90.5 Å². The number of amidine groups is 1. The van der Waals surface area contributed by atoms with Crippen molar-refractivity contribution in [2.75, 3.05) is 0 Å². The Balaban J connectivity index is 1.61. The molecule has 3 heteroatoms. The van der Waals surface area contributed by atoms with Gasteiger partial charge in [0, 0.05) is 11.6 Å². The summed E-state index contributed by atoms with van der Waals surface area (Å²) in [5.41, 5.74) is 1.27. The van der Waals surface area contributed by atoms with Crippen LogP contribution in [0.4, 0.5) is 0 Å². The zero-order chi connectivity index (χ0) is 18.8. The quantitative estimate of drug-likeness (QED) is 0.673. The van der Waals surface area contributed by atoms with Crippen LogP contribution in [0.5, 0.6) is 0 Å². The smallest absolute Gasteiger partial charge is 0.129 e. The van der Waals surface area contributed by atoms with Crippen LogP contribution in [0.25, 0.3) is 0 Å². The first-order chi connectivity index (χ1) is 13.9. The Morgan fingerprint density at radius 3 is 2.00 bits per heavy atom. The minimum absolute atomic E-state index is 0.455. The summed E-state index contributed by atoms with van der Waals surface area (Å²) in [5.74, 6) is 1.10. The van der Waals surface area contributed by atoms with E-state index in [4.69, 9.17) is 4.99 Å². The van der Waals surface area contributed by atoms with E-state index < -0.39 is 7.92 Å². The fraction of sp³-hybridized carbons (Fsp3) is 0.240. The van der Waals surface area contributed by atoms with Crippen LogP contribution in [-0.2, 0) is 0 Å². The monoisotopic (exact) mass is 384 g/mol. The van der Waals surface area contributed by atoms with Gasteiger partial charge in [0.2, 0.25) is 0 Å². The molecule has 1 heterocycles. The zero-order valence-corrected chi connectivity index (χ0v) is 16.9. The standard InChI is InChI=1S/C25H25N2P/c1-3-11-19(12-4-1)28(20-13-5-2-6-14-20)24-18-10-7-15-21(24)25-26-22-16-8-9-17-23(22)27-25/h1-7,10-15,18,22-23H,8-9,16-17H2,(H,26,27)/t22-,23?/m1/s1. The molecule has 1 aliphatic carbocycles. The second-order valence-electron chi connectivity index (χ2n) is 7.60. The maximum atomic E-state index is 5.13. The van der Waals surface area contributed by atoms with Gasteiger partial charge < -0.3 is 5.32 Å². The van der Waals surface area contributed by atoms with Gasteiger partial charge in [0.15, 0.2) is 0 Å². The number of benzene rings is 3. The molecule has 0 amide bonds. The van der Waals surface area contributed by atoms with Gasteiger partial charge in [0.05, 0.1) is 6.04 Å². The van der Waals surface area contributed by atoms with E-state index in [-0.39, 0.29) is 0 Å². The van der Waals surface area contributed by atoms with E-state index in [0.29, 0.717) is 12.1 Å². The Morgan fingerprint density at radius 1 is 0.714 bits per heavy atom. The normalized spacial score (nSPS) is 21.1. The van der Waals surface area contributed by atoms with Crippen LogP contribution in [0, 0.1) is 0 Å². The van der Waals surface area contributed by atoms with Crippen molar-refractivity contribution in [3.63, 3.8) is 0 Å². The molecule has 0 saturated heterocycles. The van der Waals surface area contributed by atoms with Crippen molar-refractivity contribution >= 4 is 29.7 Å². The van der Waals surface area contributed by atoms with E-state index in [1.54, 1.807) is 0 Å². The maximum absolute atomic E-state index is 5.13. The predicted molar refractivity (Wildman–Crippen MR) is 121 cm³/mol. The number of hydrogen-bond acceptors (Lipinski definition) is 2. The molecule has 0 aromatic heterocycles. The third kappa shape index (κ3) is 3.38. The fourth-order valence-corrected chi connectivity index (χ4v) is 6.86. The Kier molecular flexibility index (Phi) is 4.97. The molecule has 140 valence electrons. The van der Waals surface area contributed by atoms with Crippen molar-refractivity contribution in [1.82, 2.24) is 5.32 Å². The number of fused-ring (bicyclic) bond motifs is 1. The van der Waals surface area contributed by atoms with E-state index in [0.717, 1.165) is 5.84 Å². The molecule has 5 rings (SSSR count). The molecule has 0 spiro atoms. The second-order valence-corrected chi connectivity index (χ2v) is 9.79. The molecule has 1 aliphatic heterocycles. The fourth-order valence-electron chi connectivity index (χ4n) is 4.41. The molecule has 2 aliphatic rings. The third-order valence-electron chi connectivity index (χ3n) is 5.78. The van der Waals surface area contributed by atoms with E-state index >= 15 is 0 Å². The molecule has 0 radical (unpaired) electrons. The molecule has 2 atom stereocenters. The largest absolute Gasteiger partial charge is 0.365 e. The molecule has 3 aromatic rings. The molecular formula is C25H25N2P. The van der Waals surface area contributed by atoms with Gasteiger partial charge >= 0.3 is 0 Å². The molecule has 1 saturated carbocycles. The Hall–Kier alpha value is -2.44. The summed E-state index contributed by atoms with van der Waals surface area (Å²) in [6, 6.07) is 31.7. The van der Waals surface area contributed by atoms with Gasteiger partial charge in [-0.05, 0) is 36.7 Å². The highest BCUT2D eigenvalue weighted by Gasteiger charge is 2.32.